The highest BCUT2D eigenvalue weighted by Gasteiger charge is 2.40. The number of methoxy groups -OCH3 is 1. The molecule has 5 rings (SSSR count). The molecule has 0 bridgehead atoms. The van der Waals surface area contributed by atoms with Gasteiger partial charge in [0.2, 0.25) is 0 Å². The summed E-state index contributed by atoms with van der Waals surface area (Å²) >= 11 is 1.58. The van der Waals surface area contributed by atoms with Crippen LogP contribution in [0.2, 0.25) is 0 Å². The van der Waals surface area contributed by atoms with E-state index in [2.05, 4.69) is 4.90 Å². The number of amides is 1. The number of benzene rings is 1. The molecule has 0 atom stereocenters. The highest BCUT2D eigenvalue weighted by molar-refractivity contribution is 7.91. The predicted molar refractivity (Wildman–Crippen MR) is 149 cm³/mol. The van der Waals surface area contributed by atoms with Crippen molar-refractivity contribution in [3.8, 4) is 11.5 Å². The number of fused-ring (bicyclic) bond motifs is 2. The number of nitrogens with zero attached hydrogens (tertiary/aromatic N) is 2. The molecule has 0 N–H and O–H groups in total. The number of anilines is 1. The lowest BCUT2D eigenvalue weighted by Crippen LogP contribution is -2.56. The lowest BCUT2D eigenvalue weighted by molar-refractivity contribution is -0.141. The van der Waals surface area contributed by atoms with Gasteiger partial charge in [0.1, 0.15) is 23.0 Å². The van der Waals surface area contributed by atoms with Gasteiger partial charge < -0.3 is 24.0 Å². The highest BCUT2D eigenvalue weighted by atomic mass is 32.2. The minimum atomic E-state index is -3.63. The van der Waals surface area contributed by atoms with Crippen LogP contribution in [0.25, 0.3) is 5.70 Å². The van der Waals surface area contributed by atoms with E-state index in [1.807, 2.05) is 55.5 Å². The number of sulfone groups is 1. The van der Waals surface area contributed by atoms with E-state index in [9.17, 15) is 13.2 Å². The third kappa shape index (κ3) is 4.74. The number of rotatable bonds is 6. The molecule has 1 saturated heterocycles. The number of hydrogen-bond donors (Lipinski definition) is 0. The molecule has 1 fully saturated rings. The molecular weight excluding hydrogens is 524 g/mol. The van der Waals surface area contributed by atoms with Crippen molar-refractivity contribution in [2.24, 2.45) is 5.92 Å². The van der Waals surface area contributed by atoms with E-state index >= 15 is 0 Å². The third-order valence-corrected chi connectivity index (χ3v) is 9.84. The molecule has 3 aliphatic heterocycles. The van der Waals surface area contributed by atoms with Crippen LogP contribution in [0.5, 0.6) is 11.5 Å². The van der Waals surface area contributed by atoms with E-state index in [1.165, 1.54) is 7.11 Å². The molecule has 0 radical (unpaired) electrons. The van der Waals surface area contributed by atoms with Crippen LogP contribution in [0.4, 0.5) is 5.69 Å². The molecule has 2 aromatic rings. The van der Waals surface area contributed by atoms with Gasteiger partial charge in [0.25, 0.3) is 5.91 Å². The minimum Gasteiger partial charge on any atom is -0.495 e. The van der Waals surface area contributed by atoms with Crippen LogP contribution in [-0.2, 0) is 19.4 Å². The van der Waals surface area contributed by atoms with E-state index in [4.69, 9.17) is 14.2 Å². The average Bonchev–Trinajstić information content (AvgIpc) is 3.40. The van der Waals surface area contributed by atoms with Gasteiger partial charge in [-0.15, -0.1) is 0 Å². The molecule has 10 heteroatoms. The zero-order chi connectivity index (χ0) is 27.2. The zero-order valence-corrected chi connectivity index (χ0v) is 24.1. The predicted octanol–water partition coefficient (Wildman–Crippen LogP) is 4.37. The molecule has 38 heavy (non-hydrogen) atoms. The maximum Gasteiger partial charge on any atom is 0.254 e. The van der Waals surface area contributed by atoms with Gasteiger partial charge in [-0.1, -0.05) is 19.9 Å². The fraction of sp³-hybridized carbons (Fsp3) is 0.464. The lowest BCUT2D eigenvalue weighted by Gasteiger charge is -2.44. The Morgan fingerprint density at radius 3 is 2.71 bits per heavy atom. The van der Waals surface area contributed by atoms with Crippen LogP contribution < -0.4 is 14.4 Å². The smallest absolute Gasteiger partial charge is 0.254 e. The molecule has 3 aliphatic rings. The highest BCUT2D eigenvalue weighted by Crippen LogP contribution is 2.46. The first kappa shape index (κ1) is 26.8. The molecule has 0 aliphatic carbocycles. The maximum atomic E-state index is 14.0. The van der Waals surface area contributed by atoms with Gasteiger partial charge in [-0.3, -0.25) is 4.79 Å². The first-order valence-electron chi connectivity index (χ1n) is 12.7. The second-order valence-electron chi connectivity index (χ2n) is 10.8. The fourth-order valence-corrected chi connectivity index (χ4v) is 7.76. The van der Waals surface area contributed by atoms with Crippen LogP contribution >= 0.6 is 11.3 Å². The van der Waals surface area contributed by atoms with Gasteiger partial charge in [-0.25, -0.2) is 8.42 Å². The number of hydrogen-bond acceptors (Lipinski definition) is 8. The van der Waals surface area contributed by atoms with Gasteiger partial charge in [0, 0.05) is 41.2 Å². The first-order chi connectivity index (χ1) is 18.0. The Morgan fingerprint density at radius 1 is 1.26 bits per heavy atom. The summed E-state index contributed by atoms with van der Waals surface area (Å²) in [5, 5.41) is 4.05. The van der Waals surface area contributed by atoms with E-state index in [0.29, 0.717) is 43.2 Å². The van der Waals surface area contributed by atoms with Crippen molar-refractivity contribution in [1.82, 2.24) is 4.90 Å². The summed E-state index contributed by atoms with van der Waals surface area (Å²) in [7, 11) is -2.17. The zero-order valence-electron chi connectivity index (χ0n) is 22.4. The first-order valence-corrected chi connectivity index (χ1v) is 15.3. The number of carbonyl (C=O) groups excluding carboxylic acids is 1. The van der Waals surface area contributed by atoms with Crippen molar-refractivity contribution in [3.05, 3.63) is 51.7 Å². The number of morpholine rings is 1. The van der Waals surface area contributed by atoms with E-state index in [-0.39, 0.29) is 34.8 Å². The van der Waals surface area contributed by atoms with Crippen LogP contribution in [0, 0.1) is 5.92 Å². The summed E-state index contributed by atoms with van der Waals surface area (Å²) in [6.45, 7) is 9.89. The SMILES string of the molecule is COc1cc2c(cc1S(=O)(=O)CC(C)C)C1=C(CO2)C(C(=O)N2CCOCC2(C)C)=CCN1c1ccsc1. The Morgan fingerprint density at radius 2 is 2.05 bits per heavy atom. The van der Waals surface area contributed by atoms with E-state index < -0.39 is 15.4 Å². The topological polar surface area (TPSA) is 85.4 Å². The van der Waals surface area contributed by atoms with Crippen molar-refractivity contribution in [2.75, 3.05) is 50.7 Å². The number of carbonyl (C=O) groups is 1. The number of ether oxygens (including phenoxy) is 3. The van der Waals surface area contributed by atoms with Gasteiger partial charge in [0.15, 0.2) is 9.84 Å². The third-order valence-electron chi connectivity index (χ3n) is 7.08. The molecule has 4 heterocycles. The lowest BCUT2D eigenvalue weighted by atomic mass is 9.90. The largest absolute Gasteiger partial charge is 0.495 e. The standard InChI is InChI=1S/C28H34N2O6S2/c1-18(2)16-38(32,33)25-12-21-23(13-24(25)34-5)36-14-22-20(27(31)30-9-10-35-17-28(30,3)4)6-8-29(26(21)22)19-7-11-37-15-19/h6-7,11-13,15,18H,8-10,14,16-17H2,1-5H3. The van der Waals surface area contributed by atoms with Crippen molar-refractivity contribution < 1.29 is 27.4 Å². The van der Waals surface area contributed by atoms with E-state index in [1.54, 1.807) is 23.5 Å². The molecular formula is C28H34N2O6S2. The Kier molecular flexibility index (Phi) is 7.08. The van der Waals surface area contributed by atoms with Crippen LogP contribution in [-0.4, -0.2) is 70.5 Å². The molecule has 1 aromatic heterocycles. The maximum absolute atomic E-state index is 14.0. The quantitative estimate of drug-likeness (QED) is 0.520. The van der Waals surface area contributed by atoms with Crippen LogP contribution in [0.1, 0.15) is 33.3 Å². The second-order valence-corrected chi connectivity index (χ2v) is 13.6. The Bertz CT molecular complexity index is 1410. The molecule has 204 valence electrons. The fourth-order valence-electron chi connectivity index (χ4n) is 5.31. The van der Waals surface area contributed by atoms with Gasteiger partial charge in [-0.05, 0) is 37.3 Å². The molecule has 8 nitrogen and oxygen atoms in total. The van der Waals surface area contributed by atoms with Gasteiger partial charge in [0.05, 0.1) is 43.0 Å². The van der Waals surface area contributed by atoms with Crippen molar-refractivity contribution >= 4 is 38.5 Å². The van der Waals surface area contributed by atoms with Gasteiger partial charge >= 0.3 is 0 Å². The molecule has 1 aromatic carbocycles. The average molecular weight is 559 g/mol. The number of thiophene rings is 1. The molecule has 0 saturated carbocycles. The summed E-state index contributed by atoms with van der Waals surface area (Å²) in [6, 6.07) is 5.34. The summed E-state index contributed by atoms with van der Waals surface area (Å²) in [5.41, 5.74) is 3.31. The van der Waals surface area contributed by atoms with Crippen LogP contribution in [0.3, 0.4) is 0 Å². The molecule has 1 amide bonds. The van der Waals surface area contributed by atoms with Crippen molar-refractivity contribution in [3.63, 3.8) is 0 Å². The Labute approximate surface area is 228 Å². The van der Waals surface area contributed by atoms with Crippen molar-refractivity contribution in [2.45, 2.75) is 38.1 Å². The van der Waals surface area contributed by atoms with Gasteiger partial charge in [-0.2, -0.15) is 11.3 Å². The minimum absolute atomic E-state index is 0.00109. The normalized spacial score (nSPS) is 19.1. The van der Waals surface area contributed by atoms with Crippen molar-refractivity contribution in [1.29, 1.82) is 0 Å². The summed E-state index contributed by atoms with van der Waals surface area (Å²) in [4.78, 5) is 18.1. The van der Waals surface area contributed by atoms with E-state index in [0.717, 1.165) is 17.0 Å². The molecule has 0 unspecified atom stereocenters. The summed E-state index contributed by atoms with van der Waals surface area (Å²) < 4.78 is 44.1. The second kappa shape index (κ2) is 10.1. The molecule has 0 spiro atoms. The summed E-state index contributed by atoms with van der Waals surface area (Å²) in [6.07, 6.45) is 1.96. The Balaban J connectivity index is 1.68. The summed E-state index contributed by atoms with van der Waals surface area (Å²) in [5.74, 6) is 0.675. The van der Waals surface area contributed by atoms with Crippen LogP contribution in [0.15, 0.2) is 51.1 Å². The Hall–Kier alpha value is -2.82. The monoisotopic (exact) mass is 558 g/mol.